The smallest absolute Gasteiger partial charge is 0.200 e. The first kappa shape index (κ1) is 24.2. The van der Waals surface area contributed by atoms with E-state index in [1.54, 1.807) is 19.1 Å². The Morgan fingerprint density at radius 1 is 0.844 bits per heavy atom. The molecule has 0 N–H and O–H groups in total. The first-order valence-corrected chi connectivity index (χ1v) is 12.1. The monoisotopic (exact) mass is 438 g/mol. The summed E-state index contributed by atoms with van der Waals surface area (Å²) < 4.78 is 33.9. The number of benzene rings is 2. The zero-order valence-corrected chi connectivity index (χ0v) is 19.5. The van der Waals surface area contributed by atoms with Gasteiger partial charge in [-0.3, -0.25) is 0 Å². The lowest BCUT2D eigenvalue weighted by Crippen LogP contribution is -2.14. The van der Waals surface area contributed by atoms with Crippen molar-refractivity contribution in [2.45, 2.75) is 71.1 Å². The van der Waals surface area contributed by atoms with Gasteiger partial charge >= 0.3 is 0 Å². The number of halogens is 2. The van der Waals surface area contributed by atoms with E-state index in [1.165, 1.54) is 11.1 Å². The zero-order chi connectivity index (χ0) is 22.8. The van der Waals surface area contributed by atoms with Crippen LogP contribution in [0.25, 0.3) is 0 Å². The molecule has 2 aromatic carbocycles. The highest BCUT2D eigenvalue weighted by atomic mass is 19.2. The lowest BCUT2D eigenvalue weighted by Gasteiger charge is -2.27. The third-order valence-electron chi connectivity index (χ3n) is 6.45. The van der Waals surface area contributed by atoms with Crippen LogP contribution in [-0.2, 0) is 12.8 Å². The van der Waals surface area contributed by atoms with Gasteiger partial charge in [0, 0.05) is 0 Å². The molecule has 1 saturated carbocycles. The quantitative estimate of drug-likeness (QED) is 0.339. The van der Waals surface area contributed by atoms with E-state index in [1.807, 2.05) is 0 Å². The van der Waals surface area contributed by atoms with Crippen molar-refractivity contribution >= 4 is 0 Å². The van der Waals surface area contributed by atoms with E-state index in [2.05, 4.69) is 55.5 Å². The normalized spacial score (nSPS) is 19.1. The molecule has 0 radical (unpaired) electrons. The van der Waals surface area contributed by atoms with E-state index in [4.69, 9.17) is 4.74 Å². The molecule has 1 nitrogen and oxygen atoms in total. The Kier molecular flexibility index (Phi) is 9.52. The summed E-state index contributed by atoms with van der Waals surface area (Å²) in [6, 6.07) is 12.2. The van der Waals surface area contributed by atoms with Gasteiger partial charge in [-0.15, -0.1) is 0 Å². The maximum Gasteiger partial charge on any atom is 0.200 e. The molecule has 0 aromatic heterocycles. The van der Waals surface area contributed by atoms with Crippen LogP contribution in [0.5, 0.6) is 5.75 Å². The third-order valence-corrected chi connectivity index (χ3v) is 6.45. The van der Waals surface area contributed by atoms with E-state index in [0.717, 1.165) is 51.4 Å². The van der Waals surface area contributed by atoms with Gasteiger partial charge in [-0.05, 0) is 99.8 Å². The second kappa shape index (κ2) is 12.6. The molecule has 0 spiro atoms. The minimum absolute atomic E-state index is 0.00802. The number of aryl methyl sites for hydroxylation is 2. The highest BCUT2D eigenvalue weighted by Gasteiger charge is 2.25. The van der Waals surface area contributed by atoms with Crippen LogP contribution < -0.4 is 4.74 Å². The van der Waals surface area contributed by atoms with Crippen molar-refractivity contribution in [1.82, 2.24) is 0 Å². The Hall–Kier alpha value is -2.42. The minimum Gasteiger partial charge on any atom is -0.491 e. The highest BCUT2D eigenvalue weighted by Crippen LogP contribution is 2.39. The molecule has 0 atom stereocenters. The van der Waals surface area contributed by atoms with Crippen LogP contribution in [0, 0.1) is 17.6 Å². The van der Waals surface area contributed by atoms with Crippen LogP contribution in [0.4, 0.5) is 8.78 Å². The number of allylic oxidation sites excluding steroid dienone is 4. The molecule has 0 heterocycles. The van der Waals surface area contributed by atoms with Gasteiger partial charge in [0.05, 0.1) is 6.61 Å². The summed E-state index contributed by atoms with van der Waals surface area (Å²) in [5.41, 5.74) is 3.27. The molecule has 1 aliphatic rings. The van der Waals surface area contributed by atoms with E-state index < -0.39 is 11.6 Å². The van der Waals surface area contributed by atoms with Crippen LogP contribution in [0.1, 0.15) is 75.0 Å². The van der Waals surface area contributed by atoms with Gasteiger partial charge in [0.25, 0.3) is 0 Å². The molecular weight excluding hydrogens is 402 g/mol. The number of hydrogen-bond acceptors (Lipinski definition) is 1. The Bertz CT molecular complexity index is 890. The second-order valence-corrected chi connectivity index (χ2v) is 8.72. The predicted octanol–water partition coefficient (Wildman–Crippen LogP) is 8.34. The van der Waals surface area contributed by atoms with E-state index in [0.29, 0.717) is 18.1 Å². The number of hydrogen-bond donors (Lipinski definition) is 0. The summed E-state index contributed by atoms with van der Waals surface area (Å²) >= 11 is 0. The zero-order valence-electron chi connectivity index (χ0n) is 19.5. The molecule has 0 amide bonds. The Morgan fingerprint density at radius 3 is 2.06 bits per heavy atom. The van der Waals surface area contributed by atoms with E-state index >= 15 is 0 Å². The lowest BCUT2D eigenvalue weighted by atomic mass is 9.78. The lowest BCUT2D eigenvalue weighted by molar-refractivity contribution is 0.310. The summed E-state index contributed by atoms with van der Waals surface area (Å²) in [6.45, 7) is 4.16. The first-order chi connectivity index (χ1) is 15.6. The van der Waals surface area contributed by atoms with Gasteiger partial charge in [0.1, 0.15) is 0 Å². The van der Waals surface area contributed by atoms with E-state index in [-0.39, 0.29) is 11.7 Å². The van der Waals surface area contributed by atoms with E-state index in [9.17, 15) is 8.78 Å². The molecule has 1 aliphatic carbocycles. The predicted molar refractivity (Wildman–Crippen MR) is 129 cm³/mol. The van der Waals surface area contributed by atoms with Gasteiger partial charge < -0.3 is 4.74 Å². The van der Waals surface area contributed by atoms with Gasteiger partial charge in [0.2, 0.25) is 5.82 Å². The molecule has 172 valence electrons. The van der Waals surface area contributed by atoms with Crippen LogP contribution in [0.2, 0.25) is 0 Å². The maximum atomic E-state index is 14.5. The molecular formula is C29H36F2O. The van der Waals surface area contributed by atoms with Crippen molar-refractivity contribution in [3.63, 3.8) is 0 Å². The van der Waals surface area contributed by atoms with Gasteiger partial charge in [-0.25, -0.2) is 4.39 Å². The molecule has 0 unspecified atom stereocenters. The molecule has 3 rings (SSSR count). The summed E-state index contributed by atoms with van der Waals surface area (Å²) in [7, 11) is 0. The Balaban J connectivity index is 1.43. The molecule has 0 bridgehead atoms. The SMILES string of the molecule is C/C=C/CCc1ccc(CC/C=C/C2CCC(c3ccc(OCC)c(F)c3F)CC2)cc1. The fraction of sp³-hybridized carbons (Fsp3) is 0.448. The standard InChI is InChI=1S/C29H36F2O/c1-3-5-6-9-22-12-14-23(15-13-22)10-7-8-11-24-16-18-25(19-17-24)26-20-21-27(32-4-2)29(31)28(26)30/h3,5,8,11-15,20-21,24-25H,4,6-7,9-10,16-19H2,1-2H3/b5-3+,11-8+. The van der Waals surface area contributed by atoms with Crippen LogP contribution >= 0.6 is 0 Å². The number of rotatable bonds is 10. The fourth-order valence-electron chi connectivity index (χ4n) is 4.58. The second-order valence-electron chi connectivity index (χ2n) is 8.72. The van der Waals surface area contributed by atoms with Crippen molar-refractivity contribution in [3.8, 4) is 5.75 Å². The number of ether oxygens (including phenoxy) is 1. The molecule has 0 aliphatic heterocycles. The van der Waals surface area contributed by atoms with Gasteiger partial charge in [-0.1, -0.05) is 54.6 Å². The molecule has 3 heteroatoms. The summed E-state index contributed by atoms with van der Waals surface area (Å²) in [4.78, 5) is 0. The largest absolute Gasteiger partial charge is 0.491 e. The van der Waals surface area contributed by atoms with Crippen LogP contribution in [-0.4, -0.2) is 6.61 Å². The van der Waals surface area contributed by atoms with Crippen LogP contribution in [0.15, 0.2) is 60.7 Å². The Morgan fingerprint density at radius 2 is 1.47 bits per heavy atom. The topological polar surface area (TPSA) is 9.23 Å². The average molecular weight is 439 g/mol. The highest BCUT2D eigenvalue weighted by molar-refractivity contribution is 5.33. The van der Waals surface area contributed by atoms with Gasteiger partial charge in [-0.2, -0.15) is 4.39 Å². The van der Waals surface area contributed by atoms with Crippen molar-refractivity contribution in [1.29, 1.82) is 0 Å². The average Bonchev–Trinajstić information content (AvgIpc) is 2.82. The molecule has 2 aromatic rings. The van der Waals surface area contributed by atoms with Crippen LogP contribution in [0.3, 0.4) is 0 Å². The third kappa shape index (κ3) is 6.79. The van der Waals surface area contributed by atoms with Crippen molar-refractivity contribution in [2.24, 2.45) is 5.92 Å². The van der Waals surface area contributed by atoms with Crippen molar-refractivity contribution in [3.05, 3.63) is 89.0 Å². The summed E-state index contributed by atoms with van der Waals surface area (Å²) in [5, 5.41) is 0. The fourth-order valence-corrected chi connectivity index (χ4v) is 4.58. The maximum absolute atomic E-state index is 14.5. The molecule has 1 fully saturated rings. The minimum atomic E-state index is -0.850. The molecule has 0 saturated heterocycles. The van der Waals surface area contributed by atoms with Crippen molar-refractivity contribution in [2.75, 3.05) is 6.61 Å². The summed E-state index contributed by atoms with van der Waals surface area (Å²) in [5.74, 6) is -0.944. The van der Waals surface area contributed by atoms with Crippen molar-refractivity contribution < 1.29 is 13.5 Å². The Labute approximate surface area is 192 Å². The molecule has 32 heavy (non-hydrogen) atoms. The summed E-state index contributed by atoms with van der Waals surface area (Å²) in [6.07, 6.45) is 17.1. The van der Waals surface area contributed by atoms with Gasteiger partial charge in [0.15, 0.2) is 11.6 Å². The first-order valence-electron chi connectivity index (χ1n) is 12.1.